The zero-order chi connectivity index (χ0) is 17.8. The van der Waals surface area contributed by atoms with Crippen molar-refractivity contribution in [2.45, 2.75) is 59.2 Å². The van der Waals surface area contributed by atoms with E-state index in [0.29, 0.717) is 12.8 Å². The minimum absolute atomic E-state index is 0.0134. The summed E-state index contributed by atoms with van der Waals surface area (Å²) in [6, 6.07) is 0. The highest BCUT2D eigenvalue weighted by atomic mass is 16.6. The number of rotatable bonds is 2. The molecule has 0 saturated carbocycles. The highest BCUT2D eigenvalue weighted by Crippen LogP contribution is 2.50. The van der Waals surface area contributed by atoms with Crippen LogP contribution in [0.1, 0.15) is 47.5 Å². The number of fused-ring (bicyclic) bond motifs is 3. The minimum atomic E-state index is -1.28. The lowest BCUT2D eigenvalue weighted by Gasteiger charge is -2.30. The first-order valence-electron chi connectivity index (χ1n) is 8.53. The number of hydrogen-bond donors (Lipinski definition) is 0. The molecule has 0 aromatic carbocycles. The fourth-order valence-corrected chi connectivity index (χ4v) is 4.13. The first-order chi connectivity index (χ1) is 11.2. The van der Waals surface area contributed by atoms with Crippen LogP contribution in [0, 0.1) is 17.8 Å². The van der Waals surface area contributed by atoms with E-state index < -0.39 is 23.6 Å². The molecule has 1 fully saturated rings. The Bertz CT molecular complexity index is 684. The average Bonchev–Trinajstić information content (AvgIpc) is 2.83. The maximum absolute atomic E-state index is 12.6. The lowest BCUT2D eigenvalue weighted by atomic mass is 9.78. The third kappa shape index (κ3) is 2.33. The van der Waals surface area contributed by atoms with E-state index in [1.807, 2.05) is 13.8 Å². The molecule has 0 N–H and O–H groups in total. The molecule has 1 heterocycles. The molecule has 0 aromatic rings. The summed E-state index contributed by atoms with van der Waals surface area (Å²) in [5.41, 5.74) is 1.43. The van der Waals surface area contributed by atoms with Gasteiger partial charge in [0.1, 0.15) is 6.10 Å². The fraction of sp³-hybridized carbons (Fsp3) is 0.632. The smallest absolute Gasteiger partial charge is 0.351 e. The van der Waals surface area contributed by atoms with Crippen LogP contribution in [-0.2, 0) is 23.9 Å². The van der Waals surface area contributed by atoms with Crippen molar-refractivity contribution in [1.82, 2.24) is 0 Å². The normalized spacial score (nSPS) is 35.4. The highest BCUT2D eigenvalue weighted by molar-refractivity contribution is 6.09. The quantitative estimate of drug-likeness (QED) is 0.727. The number of carbonyl (C=O) groups is 3. The van der Waals surface area contributed by atoms with Crippen molar-refractivity contribution < 1.29 is 23.9 Å². The predicted octanol–water partition coefficient (Wildman–Crippen LogP) is 2.74. The molecule has 0 radical (unpaired) electrons. The van der Waals surface area contributed by atoms with Gasteiger partial charge in [-0.25, -0.2) is 4.79 Å². The van der Waals surface area contributed by atoms with Crippen molar-refractivity contribution in [3.8, 4) is 0 Å². The van der Waals surface area contributed by atoms with E-state index in [1.54, 1.807) is 26.8 Å². The van der Waals surface area contributed by atoms with Gasteiger partial charge < -0.3 is 9.47 Å². The van der Waals surface area contributed by atoms with Crippen LogP contribution in [0.2, 0.25) is 0 Å². The summed E-state index contributed by atoms with van der Waals surface area (Å²) in [5, 5.41) is 0. The summed E-state index contributed by atoms with van der Waals surface area (Å²) in [6.45, 7) is 8.99. The summed E-state index contributed by atoms with van der Waals surface area (Å²) < 4.78 is 11.3. The lowest BCUT2D eigenvalue weighted by Crippen LogP contribution is -2.45. The van der Waals surface area contributed by atoms with E-state index in [4.69, 9.17) is 9.47 Å². The minimum Gasteiger partial charge on any atom is -0.458 e. The zero-order valence-corrected chi connectivity index (χ0v) is 14.8. The van der Waals surface area contributed by atoms with Gasteiger partial charge in [-0.05, 0) is 39.7 Å². The molecule has 0 spiro atoms. The van der Waals surface area contributed by atoms with Crippen molar-refractivity contribution in [3.63, 3.8) is 0 Å². The number of allylic oxidation sites excluding steroid dienone is 2. The van der Waals surface area contributed by atoms with Gasteiger partial charge in [-0.15, -0.1) is 0 Å². The Labute approximate surface area is 142 Å². The molecule has 24 heavy (non-hydrogen) atoms. The summed E-state index contributed by atoms with van der Waals surface area (Å²) in [4.78, 5) is 37.0. The molecule has 2 aliphatic carbocycles. The van der Waals surface area contributed by atoms with Crippen molar-refractivity contribution >= 4 is 17.7 Å². The molecule has 4 atom stereocenters. The van der Waals surface area contributed by atoms with E-state index in [2.05, 4.69) is 0 Å². The summed E-state index contributed by atoms with van der Waals surface area (Å²) in [7, 11) is 0. The largest absolute Gasteiger partial charge is 0.458 e. The lowest BCUT2D eigenvalue weighted by molar-refractivity contribution is -0.176. The monoisotopic (exact) mass is 332 g/mol. The van der Waals surface area contributed by atoms with Crippen molar-refractivity contribution in [1.29, 1.82) is 0 Å². The summed E-state index contributed by atoms with van der Waals surface area (Å²) in [5.74, 6) is -1.67. The second-order valence-corrected chi connectivity index (χ2v) is 7.62. The number of ether oxygens (including phenoxy) is 2. The maximum Gasteiger partial charge on any atom is 0.351 e. The molecule has 1 aliphatic heterocycles. The van der Waals surface area contributed by atoms with E-state index in [1.165, 1.54) is 0 Å². The van der Waals surface area contributed by atoms with Crippen molar-refractivity contribution in [2.75, 3.05) is 0 Å². The highest BCUT2D eigenvalue weighted by Gasteiger charge is 2.61. The second kappa shape index (κ2) is 5.57. The molecular formula is C19H24O5. The van der Waals surface area contributed by atoms with E-state index in [0.717, 1.165) is 16.7 Å². The fourth-order valence-electron chi connectivity index (χ4n) is 4.13. The van der Waals surface area contributed by atoms with Gasteiger partial charge in [0.2, 0.25) is 5.60 Å². The van der Waals surface area contributed by atoms with Crippen LogP contribution in [0.25, 0.3) is 0 Å². The van der Waals surface area contributed by atoms with Gasteiger partial charge >= 0.3 is 11.9 Å². The molecule has 0 amide bonds. The zero-order valence-electron chi connectivity index (χ0n) is 14.8. The molecule has 5 nitrogen and oxygen atoms in total. The third-order valence-corrected chi connectivity index (χ3v) is 5.58. The van der Waals surface area contributed by atoms with Crippen LogP contribution in [0.3, 0.4) is 0 Å². The second-order valence-electron chi connectivity index (χ2n) is 7.62. The average molecular weight is 332 g/mol. The molecule has 0 aromatic heterocycles. The molecule has 3 aliphatic rings. The van der Waals surface area contributed by atoms with Gasteiger partial charge in [0.25, 0.3) is 0 Å². The predicted molar refractivity (Wildman–Crippen MR) is 86.9 cm³/mol. The Kier molecular flexibility index (Phi) is 3.93. The SMILES string of the molecule is CC1=CC(=O)C2=C(C)CC[C@@H]3[C@@H](OC(=O)[C@@]3(C)OC(=O)C(C)C)[C@H]12. The van der Waals surface area contributed by atoms with Crippen LogP contribution in [0.4, 0.5) is 0 Å². The van der Waals surface area contributed by atoms with Crippen molar-refractivity contribution in [2.24, 2.45) is 17.8 Å². The third-order valence-electron chi connectivity index (χ3n) is 5.58. The van der Waals surface area contributed by atoms with E-state index in [-0.39, 0.29) is 23.5 Å². The number of hydrogen-bond acceptors (Lipinski definition) is 5. The van der Waals surface area contributed by atoms with Gasteiger partial charge in [-0.3, -0.25) is 9.59 Å². The standard InChI is InChI=1S/C19H24O5/c1-9(2)17(21)24-19(5)12-7-6-10(3)14-13(20)8-11(4)15(14)16(12)23-18(19)22/h8-9,12,15-16H,6-7H2,1-5H3/t12-,15-,16-,19+/m1/s1. The first kappa shape index (κ1) is 16.9. The molecular weight excluding hydrogens is 308 g/mol. The Morgan fingerprint density at radius 2 is 2.00 bits per heavy atom. The Balaban J connectivity index is 1.99. The first-order valence-corrected chi connectivity index (χ1v) is 8.53. The molecule has 0 bridgehead atoms. The molecule has 0 unspecified atom stereocenters. The number of esters is 2. The van der Waals surface area contributed by atoms with E-state index >= 15 is 0 Å². The Morgan fingerprint density at radius 3 is 2.62 bits per heavy atom. The van der Waals surface area contributed by atoms with Gasteiger partial charge in [-0.1, -0.05) is 25.0 Å². The van der Waals surface area contributed by atoms with Crippen LogP contribution in [-0.4, -0.2) is 29.4 Å². The van der Waals surface area contributed by atoms with E-state index in [9.17, 15) is 14.4 Å². The number of ketones is 1. The van der Waals surface area contributed by atoms with Gasteiger partial charge in [0, 0.05) is 17.4 Å². The molecule has 130 valence electrons. The topological polar surface area (TPSA) is 69.7 Å². The molecule has 5 heteroatoms. The summed E-state index contributed by atoms with van der Waals surface area (Å²) >= 11 is 0. The molecule has 3 rings (SSSR count). The number of carbonyl (C=O) groups excluding carboxylic acids is 3. The van der Waals surface area contributed by atoms with Crippen LogP contribution < -0.4 is 0 Å². The maximum atomic E-state index is 12.6. The molecule has 1 saturated heterocycles. The van der Waals surface area contributed by atoms with Gasteiger partial charge in [0.05, 0.1) is 5.92 Å². The van der Waals surface area contributed by atoms with Crippen LogP contribution in [0.15, 0.2) is 22.8 Å². The Hall–Kier alpha value is -1.91. The van der Waals surface area contributed by atoms with Crippen LogP contribution in [0.5, 0.6) is 0 Å². The summed E-state index contributed by atoms with van der Waals surface area (Å²) in [6.07, 6.45) is 2.54. The Morgan fingerprint density at radius 1 is 1.33 bits per heavy atom. The van der Waals surface area contributed by atoms with Gasteiger partial charge in [-0.2, -0.15) is 0 Å². The van der Waals surface area contributed by atoms with Crippen molar-refractivity contribution in [3.05, 3.63) is 22.8 Å². The van der Waals surface area contributed by atoms with Gasteiger partial charge in [0.15, 0.2) is 5.78 Å². The van der Waals surface area contributed by atoms with Crippen LogP contribution >= 0.6 is 0 Å².